The van der Waals surface area contributed by atoms with Gasteiger partial charge in [0.15, 0.2) is 0 Å². The molecular weight excluding hydrogens is 256 g/mol. The highest BCUT2D eigenvalue weighted by molar-refractivity contribution is 5.77. The van der Waals surface area contributed by atoms with E-state index < -0.39 is 5.97 Å². The second-order valence-corrected chi connectivity index (χ2v) is 3.21. The summed E-state index contributed by atoms with van der Waals surface area (Å²) in [6.07, 6.45) is 0. The number of hydrogen-bond donors (Lipinski definition) is 1. The largest absolute Gasteiger partial charge is 0.464 e. The topological polar surface area (TPSA) is 123 Å². The third-order valence-electron chi connectivity index (χ3n) is 1.73. The Labute approximate surface area is 110 Å². The summed E-state index contributed by atoms with van der Waals surface area (Å²) in [4.78, 5) is 24.6. The Morgan fingerprint density at radius 2 is 2.00 bits per heavy atom. The highest BCUT2D eigenvalue weighted by Crippen LogP contribution is 1.81. The fraction of sp³-hybridized carbons (Fsp3) is 0.800. The van der Waals surface area contributed by atoms with Crippen molar-refractivity contribution in [2.24, 2.45) is 5.11 Å². The molecular formula is C10H18N4O5. The first-order valence-corrected chi connectivity index (χ1v) is 5.79. The van der Waals surface area contributed by atoms with E-state index >= 15 is 0 Å². The van der Waals surface area contributed by atoms with Crippen LogP contribution in [0.5, 0.6) is 0 Å². The number of carbonyl (C=O) groups is 2. The highest BCUT2D eigenvalue weighted by atomic mass is 16.6. The molecule has 9 heteroatoms. The van der Waals surface area contributed by atoms with E-state index in [0.717, 1.165) is 0 Å². The fourth-order valence-electron chi connectivity index (χ4n) is 0.987. The van der Waals surface area contributed by atoms with Gasteiger partial charge < -0.3 is 19.5 Å². The molecule has 0 aliphatic carbocycles. The number of azide groups is 1. The minimum atomic E-state index is -0.435. The predicted octanol–water partition coefficient (Wildman–Crippen LogP) is 0.00920. The molecule has 19 heavy (non-hydrogen) atoms. The number of amides is 1. The van der Waals surface area contributed by atoms with E-state index in [1.807, 2.05) is 0 Å². The lowest BCUT2D eigenvalue weighted by Gasteiger charge is -2.06. The lowest BCUT2D eigenvalue weighted by atomic mass is 10.5. The van der Waals surface area contributed by atoms with Crippen LogP contribution in [0, 0.1) is 0 Å². The maximum atomic E-state index is 11.2. The Kier molecular flexibility index (Phi) is 11.4. The quantitative estimate of drug-likeness (QED) is 0.187. The summed E-state index contributed by atoms with van der Waals surface area (Å²) in [7, 11) is 0. The van der Waals surface area contributed by atoms with Crippen molar-refractivity contribution in [3.8, 4) is 0 Å². The first kappa shape index (κ1) is 17.2. The molecule has 0 aromatic carbocycles. The van der Waals surface area contributed by atoms with Crippen molar-refractivity contribution in [1.82, 2.24) is 5.32 Å². The van der Waals surface area contributed by atoms with Gasteiger partial charge >= 0.3 is 5.97 Å². The van der Waals surface area contributed by atoms with Crippen molar-refractivity contribution in [3.63, 3.8) is 0 Å². The number of ether oxygens (including phenoxy) is 3. The summed E-state index contributed by atoms with van der Waals surface area (Å²) in [6.45, 7) is 2.64. The molecule has 108 valence electrons. The van der Waals surface area contributed by atoms with Crippen LogP contribution < -0.4 is 5.32 Å². The van der Waals surface area contributed by atoms with Crippen LogP contribution in [0.15, 0.2) is 5.11 Å². The maximum Gasteiger partial charge on any atom is 0.332 e. The van der Waals surface area contributed by atoms with Crippen molar-refractivity contribution >= 4 is 11.9 Å². The number of carbonyl (C=O) groups excluding carboxylic acids is 2. The Hall–Kier alpha value is -1.83. The average Bonchev–Trinajstić information content (AvgIpc) is 2.38. The van der Waals surface area contributed by atoms with Crippen LogP contribution in [0.4, 0.5) is 0 Å². The minimum Gasteiger partial charge on any atom is -0.464 e. The molecule has 0 radical (unpaired) electrons. The van der Waals surface area contributed by atoms with E-state index in [4.69, 9.17) is 15.0 Å². The fourth-order valence-corrected chi connectivity index (χ4v) is 0.987. The molecule has 0 fully saturated rings. The normalized spacial score (nSPS) is 9.53. The first-order chi connectivity index (χ1) is 9.20. The molecule has 0 unspecified atom stereocenters. The molecule has 0 bridgehead atoms. The van der Waals surface area contributed by atoms with E-state index in [1.54, 1.807) is 6.92 Å². The zero-order valence-electron chi connectivity index (χ0n) is 10.8. The van der Waals surface area contributed by atoms with Crippen molar-refractivity contribution in [1.29, 1.82) is 0 Å². The van der Waals surface area contributed by atoms with Crippen LogP contribution in [0.2, 0.25) is 0 Å². The summed E-state index contributed by atoms with van der Waals surface area (Å²) in [6, 6.07) is 0. The van der Waals surface area contributed by atoms with Gasteiger partial charge in [-0.15, -0.1) is 0 Å². The molecule has 0 saturated heterocycles. The van der Waals surface area contributed by atoms with Crippen LogP contribution in [-0.2, 0) is 23.8 Å². The highest BCUT2D eigenvalue weighted by Gasteiger charge is 2.02. The van der Waals surface area contributed by atoms with Crippen LogP contribution in [-0.4, -0.2) is 58.0 Å². The monoisotopic (exact) mass is 274 g/mol. The summed E-state index contributed by atoms with van der Waals surface area (Å²) >= 11 is 0. The first-order valence-electron chi connectivity index (χ1n) is 5.79. The Bertz CT molecular complexity index is 317. The molecule has 0 aromatic rings. The molecule has 0 aromatic heterocycles. The number of hydrogen-bond acceptors (Lipinski definition) is 6. The molecule has 0 aliphatic rings. The van der Waals surface area contributed by atoms with Crippen molar-refractivity contribution < 1.29 is 23.8 Å². The zero-order valence-corrected chi connectivity index (χ0v) is 10.8. The van der Waals surface area contributed by atoms with Crippen LogP contribution in [0.25, 0.3) is 10.4 Å². The number of esters is 1. The van der Waals surface area contributed by atoms with Gasteiger partial charge in [-0.05, 0) is 12.5 Å². The van der Waals surface area contributed by atoms with E-state index in [-0.39, 0.29) is 45.4 Å². The van der Waals surface area contributed by atoms with Crippen molar-refractivity contribution in [2.75, 3.05) is 46.1 Å². The number of nitrogens with one attached hydrogen (secondary N) is 1. The van der Waals surface area contributed by atoms with Crippen LogP contribution in [0.3, 0.4) is 0 Å². The van der Waals surface area contributed by atoms with Crippen LogP contribution >= 0.6 is 0 Å². The maximum absolute atomic E-state index is 11.2. The van der Waals surface area contributed by atoms with Crippen LogP contribution in [0.1, 0.15) is 6.92 Å². The van der Waals surface area contributed by atoms with Crippen molar-refractivity contribution in [3.05, 3.63) is 10.4 Å². The Morgan fingerprint density at radius 3 is 2.68 bits per heavy atom. The standard InChI is InChI=1S/C10H18N4O5/c1-2-19-10(16)8-18-5-3-12-9(15)7-17-6-4-13-14-11/h2-8H2,1H3,(H,12,15). The van der Waals surface area contributed by atoms with Gasteiger partial charge in [0, 0.05) is 18.0 Å². The predicted molar refractivity (Wildman–Crippen MR) is 65.3 cm³/mol. The second kappa shape index (κ2) is 12.6. The average molecular weight is 274 g/mol. The zero-order chi connectivity index (χ0) is 14.3. The van der Waals surface area contributed by atoms with E-state index in [0.29, 0.717) is 6.61 Å². The van der Waals surface area contributed by atoms with Gasteiger partial charge in [-0.2, -0.15) is 0 Å². The smallest absolute Gasteiger partial charge is 0.332 e. The van der Waals surface area contributed by atoms with Gasteiger partial charge in [0.2, 0.25) is 5.91 Å². The summed E-state index contributed by atoms with van der Waals surface area (Å²) in [5.41, 5.74) is 7.99. The molecule has 1 amide bonds. The van der Waals surface area contributed by atoms with E-state index in [1.165, 1.54) is 0 Å². The molecule has 0 rings (SSSR count). The van der Waals surface area contributed by atoms with Gasteiger partial charge in [-0.25, -0.2) is 4.79 Å². The Balaban J connectivity index is 3.33. The molecule has 1 N–H and O–H groups in total. The van der Waals surface area contributed by atoms with E-state index in [2.05, 4.69) is 20.1 Å². The number of nitrogens with zero attached hydrogens (tertiary/aromatic N) is 3. The third-order valence-corrected chi connectivity index (χ3v) is 1.73. The van der Waals surface area contributed by atoms with Gasteiger partial charge in [-0.3, -0.25) is 4.79 Å². The van der Waals surface area contributed by atoms with E-state index in [9.17, 15) is 9.59 Å². The lowest BCUT2D eigenvalue weighted by Crippen LogP contribution is -2.31. The molecule has 9 nitrogen and oxygen atoms in total. The Morgan fingerprint density at radius 1 is 1.26 bits per heavy atom. The molecule has 0 heterocycles. The van der Waals surface area contributed by atoms with Gasteiger partial charge in [-0.1, -0.05) is 5.11 Å². The summed E-state index contributed by atoms with van der Waals surface area (Å²) in [5, 5.41) is 5.78. The minimum absolute atomic E-state index is 0.112. The van der Waals surface area contributed by atoms with Gasteiger partial charge in [0.05, 0.1) is 19.8 Å². The second-order valence-electron chi connectivity index (χ2n) is 3.21. The lowest BCUT2D eigenvalue weighted by molar-refractivity contribution is -0.148. The number of rotatable bonds is 11. The van der Waals surface area contributed by atoms with Gasteiger partial charge in [0.1, 0.15) is 13.2 Å². The SMILES string of the molecule is CCOC(=O)COCCNC(=O)COCCN=[N+]=[N-]. The summed E-state index contributed by atoms with van der Waals surface area (Å²) in [5.74, 6) is -0.740. The molecule has 0 atom stereocenters. The molecule has 0 saturated carbocycles. The summed E-state index contributed by atoms with van der Waals surface area (Å²) < 4.78 is 14.6. The molecule has 0 spiro atoms. The third kappa shape index (κ3) is 12.4. The molecule has 0 aliphatic heterocycles. The van der Waals surface area contributed by atoms with Crippen molar-refractivity contribution in [2.45, 2.75) is 6.92 Å². The van der Waals surface area contributed by atoms with Gasteiger partial charge in [0.25, 0.3) is 0 Å².